The monoisotopic (exact) mass is 303 g/mol. The summed E-state index contributed by atoms with van der Waals surface area (Å²) in [5, 5.41) is 0. The van der Waals surface area contributed by atoms with Crippen LogP contribution in [0.3, 0.4) is 0 Å². The van der Waals surface area contributed by atoms with Gasteiger partial charge >= 0.3 is 5.97 Å². The van der Waals surface area contributed by atoms with Gasteiger partial charge in [-0.1, -0.05) is 12.8 Å². The fourth-order valence-electron chi connectivity index (χ4n) is 3.43. The topological polar surface area (TPSA) is 63.7 Å². The molecule has 0 aliphatic carbocycles. The molecule has 1 atom stereocenters. The SMILES string of the molecule is CCOC(=O)CC1(N2CCCCCC2)CCS(=O)(=O)C1. The van der Waals surface area contributed by atoms with Crippen LogP contribution in [0, 0.1) is 0 Å². The number of esters is 1. The summed E-state index contributed by atoms with van der Waals surface area (Å²) in [7, 11) is -3.03. The number of likely N-dealkylation sites (tertiary alicyclic amines) is 1. The molecule has 20 heavy (non-hydrogen) atoms. The highest BCUT2D eigenvalue weighted by Gasteiger charge is 2.47. The minimum Gasteiger partial charge on any atom is -0.466 e. The van der Waals surface area contributed by atoms with Crippen molar-refractivity contribution in [3.8, 4) is 0 Å². The second-order valence-corrected chi connectivity index (χ2v) is 8.13. The van der Waals surface area contributed by atoms with Crippen LogP contribution in [0.4, 0.5) is 0 Å². The highest BCUT2D eigenvalue weighted by molar-refractivity contribution is 7.91. The predicted octanol–water partition coefficient (Wildman–Crippen LogP) is 1.37. The van der Waals surface area contributed by atoms with Crippen molar-refractivity contribution in [2.24, 2.45) is 0 Å². The molecule has 0 aromatic rings. The van der Waals surface area contributed by atoms with Gasteiger partial charge in [0.15, 0.2) is 9.84 Å². The highest BCUT2D eigenvalue weighted by Crippen LogP contribution is 2.35. The second-order valence-electron chi connectivity index (χ2n) is 5.95. The van der Waals surface area contributed by atoms with Crippen LogP contribution in [0.1, 0.15) is 45.4 Å². The zero-order valence-corrected chi connectivity index (χ0v) is 13.1. The molecule has 0 aromatic carbocycles. The van der Waals surface area contributed by atoms with Crippen LogP contribution in [0.2, 0.25) is 0 Å². The summed E-state index contributed by atoms with van der Waals surface area (Å²) in [6.45, 7) is 3.92. The van der Waals surface area contributed by atoms with E-state index < -0.39 is 15.4 Å². The number of hydrogen-bond donors (Lipinski definition) is 0. The maximum atomic E-state index is 11.9. The highest BCUT2D eigenvalue weighted by atomic mass is 32.2. The second kappa shape index (κ2) is 6.43. The van der Waals surface area contributed by atoms with Gasteiger partial charge in [0, 0.05) is 5.54 Å². The Morgan fingerprint density at radius 3 is 2.35 bits per heavy atom. The number of sulfone groups is 1. The van der Waals surface area contributed by atoms with Crippen LogP contribution in [-0.4, -0.2) is 56.0 Å². The number of nitrogens with zero attached hydrogens (tertiary/aromatic N) is 1. The van der Waals surface area contributed by atoms with E-state index in [0.29, 0.717) is 13.0 Å². The van der Waals surface area contributed by atoms with Crippen LogP contribution in [0.25, 0.3) is 0 Å². The van der Waals surface area contributed by atoms with Gasteiger partial charge in [0.1, 0.15) is 0 Å². The van der Waals surface area contributed by atoms with Gasteiger partial charge in [0.25, 0.3) is 0 Å². The van der Waals surface area contributed by atoms with E-state index in [1.54, 1.807) is 6.92 Å². The van der Waals surface area contributed by atoms with E-state index in [-0.39, 0.29) is 23.9 Å². The van der Waals surface area contributed by atoms with Crippen molar-refractivity contribution >= 4 is 15.8 Å². The maximum Gasteiger partial charge on any atom is 0.307 e. The molecule has 116 valence electrons. The predicted molar refractivity (Wildman–Crippen MR) is 77.3 cm³/mol. The lowest BCUT2D eigenvalue weighted by Gasteiger charge is -2.39. The summed E-state index contributed by atoms with van der Waals surface area (Å²) in [4.78, 5) is 14.2. The fraction of sp³-hybridized carbons (Fsp3) is 0.929. The van der Waals surface area contributed by atoms with Crippen molar-refractivity contribution in [3.63, 3.8) is 0 Å². The summed E-state index contributed by atoms with van der Waals surface area (Å²) < 4.78 is 28.9. The van der Waals surface area contributed by atoms with Crippen LogP contribution in [-0.2, 0) is 19.4 Å². The molecule has 0 saturated carbocycles. The summed E-state index contributed by atoms with van der Waals surface area (Å²) in [5.41, 5.74) is -0.518. The zero-order valence-electron chi connectivity index (χ0n) is 12.3. The van der Waals surface area contributed by atoms with Crippen LogP contribution < -0.4 is 0 Å². The average molecular weight is 303 g/mol. The van der Waals surface area contributed by atoms with Gasteiger partial charge in [0.05, 0.1) is 24.5 Å². The minimum atomic E-state index is -3.03. The van der Waals surface area contributed by atoms with E-state index in [4.69, 9.17) is 4.74 Å². The molecule has 5 nitrogen and oxygen atoms in total. The fourth-order valence-corrected chi connectivity index (χ4v) is 5.51. The molecule has 0 spiro atoms. The Kier molecular flexibility index (Phi) is 5.07. The van der Waals surface area contributed by atoms with Gasteiger partial charge in [-0.25, -0.2) is 8.42 Å². The molecule has 0 aromatic heterocycles. The minimum absolute atomic E-state index is 0.110. The quantitative estimate of drug-likeness (QED) is 0.734. The third kappa shape index (κ3) is 3.73. The van der Waals surface area contributed by atoms with E-state index in [1.165, 1.54) is 12.8 Å². The Morgan fingerprint density at radius 1 is 1.20 bits per heavy atom. The smallest absolute Gasteiger partial charge is 0.307 e. The molecule has 0 N–H and O–H groups in total. The lowest BCUT2D eigenvalue weighted by molar-refractivity contribution is -0.146. The van der Waals surface area contributed by atoms with Crippen LogP contribution in [0.15, 0.2) is 0 Å². The average Bonchev–Trinajstić information content (AvgIpc) is 2.58. The molecular formula is C14H25NO4S. The van der Waals surface area contributed by atoms with Gasteiger partial charge in [-0.3, -0.25) is 9.69 Å². The normalized spacial score (nSPS) is 30.9. The summed E-state index contributed by atoms with van der Waals surface area (Å²) in [6.07, 6.45) is 5.33. The first-order chi connectivity index (χ1) is 9.47. The summed E-state index contributed by atoms with van der Waals surface area (Å²) >= 11 is 0. The summed E-state index contributed by atoms with van der Waals surface area (Å²) in [6, 6.07) is 0. The molecule has 0 radical (unpaired) electrons. The Morgan fingerprint density at radius 2 is 1.85 bits per heavy atom. The molecular weight excluding hydrogens is 278 g/mol. The Labute approximate surface area is 121 Å². The first-order valence-corrected chi connectivity index (χ1v) is 9.41. The number of rotatable bonds is 4. The van der Waals surface area contributed by atoms with Crippen LogP contribution >= 0.6 is 0 Å². The van der Waals surface area contributed by atoms with Crippen molar-refractivity contribution in [2.75, 3.05) is 31.2 Å². The third-order valence-corrected chi connectivity index (χ3v) is 6.23. The van der Waals surface area contributed by atoms with Gasteiger partial charge in [-0.2, -0.15) is 0 Å². The van der Waals surface area contributed by atoms with Crippen molar-refractivity contribution < 1.29 is 17.9 Å². The molecule has 0 amide bonds. The number of hydrogen-bond acceptors (Lipinski definition) is 5. The lowest BCUT2D eigenvalue weighted by atomic mass is 9.91. The van der Waals surface area contributed by atoms with Gasteiger partial charge in [-0.15, -0.1) is 0 Å². The van der Waals surface area contributed by atoms with Crippen molar-refractivity contribution in [2.45, 2.75) is 51.0 Å². The van der Waals surface area contributed by atoms with Gasteiger partial charge < -0.3 is 4.74 Å². The van der Waals surface area contributed by atoms with E-state index in [9.17, 15) is 13.2 Å². The Balaban J connectivity index is 2.17. The first-order valence-electron chi connectivity index (χ1n) is 7.58. The van der Waals surface area contributed by atoms with Gasteiger partial charge in [0.2, 0.25) is 0 Å². The Hall–Kier alpha value is -0.620. The van der Waals surface area contributed by atoms with E-state index in [0.717, 1.165) is 25.9 Å². The van der Waals surface area contributed by atoms with E-state index in [1.807, 2.05) is 0 Å². The molecule has 2 aliphatic rings. The molecule has 2 fully saturated rings. The van der Waals surface area contributed by atoms with E-state index >= 15 is 0 Å². The Bertz CT molecular complexity index is 440. The molecule has 2 saturated heterocycles. The molecule has 2 heterocycles. The van der Waals surface area contributed by atoms with Crippen molar-refractivity contribution in [1.82, 2.24) is 4.90 Å². The van der Waals surface area contributed by atoms with Crippen LogP contribution in [0.5, 0.6) is 0 Å². The van der Waals surface area contributed by atoms with E-state index in [2.05, 4.69) is 4.90 Å². The number of carbonyl (C=O) groups excluding carboxylic acids is 1. The molecule has 2 aliphatic heterocycles. The van der Waals surface area contributed by atoms with Gasteiger partial charge in [-0.05, 0) is 39.3 Å². The maximum absolute atomic E-state index is 11.9. The number of carbonyl (C=O) groups is 1. The molecule has 6 heteroatoms. The van der Waals surface area contributed by atoms with Crippen molar-refractivity contribution in [1.29, 1.82) is 0 Å². The largest absolute Gasteiger partial charge is 0.466 e. The molecule has 2 rings (SSSR count). The third-order valence-electron chi connectivity index (χ3n) is 4.42. The summed E-state index contributed by atoms with van der Waals surface area (Å²) in [5.74, 6) is 0.0377. The number of ether oxygens (including phenoxy) is 1. The standard InChI is InChI=1S/C14H25NO4S/c1-2-19-13(16)11-14(7-10-20(17,18)12-14)15-8-5-3-4-6-9-15/h2-12H2,1H3. The van der Waals surface area contributed by atoms with Crippen molar-refractivity contribution in [3.05, 3.63) is 0 Å². The zero-order chi connectivity index (χ0) is 14.6. The molecule has 0 bridgehead atoms. The first kappa shape index (κ1) is 15.8. The molecule has 1 unspecified atom stereocenters. The lowest BCUT2D eigenvalue weighted by Crippen LogP contribution is -2.51.